The van der Waals surface area contributed by atoms with Gasteiger partial charge >= 0.3 is 0 Å². The number of benzene rings is 1. The van der Waals surface area contributed by atoms with E-state index in [1.807, 2.05) is 12.1 Å². The Hall–Kier alpha value is -3.30. The highest BCUT2D eigenvalue weighted by atomic mass is 16.5. The summed E-state index contributed by atoms with van der Waals surface area (Å²) in [6.45, 7) is 6.82. The fourth-order valence-corrected chi connectivity index (χ4v) is 3.41. The third-order valence-corrected chi connectivity index (χ3v) is 5.16. The molecule has 1 fully saturated rings. The molecule has 0 radical (unpaired) electrons. The van der Waals surface area contributed by atoms with Crippen molar-refractivity contribution in [1.29, 1.82) is 0 Å². The first kappa shape index (κ1) is 23.4. The maximum absolute atomic E-state index is 11.7. The van der Waals surface area contributed by atoms with Gasteiger partial charge in [-0.15, -0.1) is 0 Å². The summed E-state index contributed by atoms with van der Waals surface area (Å²) in [5.41, 5.74) is 2.96. The lowest BCUT2D eigenvalue weighted by molar-refractivity contribution is -0.123. The molecule has 2 heterocycles. The Balaban J connectivity index is 1.86. The van der Waals surface area contributed by atoms with Crippen molar-refractivity contribution in [2.45, 2.75) is 12.6 Å². The first-order valence-electron chi connectivity index (χ1n) is 10.5. The second-order valence-electron chi connectivity index (χ2n) is 7.56. The Labute approximate surface area is 188 Å². The smallest absolute Gasteiger partial charge is 0.246 e. The number of carbonyl (C=O) groups is 1. The van der Waals surface area contributed by atoms with Gasteiger partial charge in [-0.1, -0.05) is 24.8 Å². The van der Waals surface area contributed by atoms with Gasteiger partial charge in [0.2, 0.25) is 11.9 Å². The van der Waals surface area contributed by atoms with Gasteiger partial charge in [0.05, 0.1) is 19.4 Å². The topological polar surface area (TPSA) is 103 Å². The second-order valence-corrected chi connectivity index (χ2v) is 7.56. The number of amides is 1. The van der Waals surface area contributed by atoms with E-state index in [4.69, 9.17) is 9.47 Å². The van der Waals surface area contributed by atoms with Crippen LogP contribution in [0.3, 0.4) is 0 Å². The Morgan fingerprint density at radius 3 is 2.94 bits per heavy atom. The molecule has 3 rings (SSSR count). The van der Waals surface area contributed by atoms with Crippen molar-refractivity contribution in [1.82, 2.24) is 14.9 Å². The van der Waals surface area contributed by atoms with E-state index in [9.17, 15) is 9.90 Å². The van der Waals surface area contributed by atoms with Gasteiger partial charge in [-0.05, 0) is 18.6 Å². The molecule has 1 atom stereocenters. The van der Waals surface area contributed by atoms with Crippen molar-refractivity contribution < 1.29 is 19.4 Å². The zero-order chi connectivity index (χ0) is 23.1. The summed E-state index contributed by atoms with van der Waals surface area (Å²) in [6.07, 6.45) is 6.00. The van der Waals surface area contributed by atoms with E-state index in [0.29, 0.717) is 23.9 Å². The minimum atomic E-state index is -1.08. The van der Waals surface area contributed by atoms with Crippen LogP contribution in [0.5, 0.6) is 5.75 Å². The number of hydrogen-bond acceptors (Lipinski definition) is 7. The number of ether oxygens (including phenoxy) is 2. The summed E-state index contributed by atoms with van der Waals surface area (Å²) < 4.78 is 11.1. The molecule has 1 unspecified atom stereocenters. The number of fused-ring (bicyclic) bond motifs is 1. The molecule has 1 saturated heterocycles. The summed E-state index contributed by atoms with van der Waals surface area (Å²) in [6, 6.07) is 3.90. The van der Waals surface area contributed by atoms with Crippen molar-refractivity contribution in [2.75, 3.05) is 57.7 Å². The van der Waals surface area contributed by atoms with E-state index >= 15 is 0 Å². The number of likely N-dealkylation sites (N-methyl/N-ethyl adjacent to an activating group) is 1. The van der Waals surface area contributed by atoms with Crippen molar-refractivity contribution in [2.24, 2.45) is 0 Å². The van der Waals surface area contributed by atoms with E-state index < -0.39 is 6.23 Å². The van der Waals surface area contributed by atoms with Crippen LogP contribution in [0.25, 0.3) is 11.0 Å². The first-order valence-corrected chi connectivity index (χ1v) is 10.5. The number of aliphatic hydroxyl groups excluding tert-OH is 1. The zero-order valence-corrected chi connectivity index (χ0v) is 18.8. The van der Waals surface area contributed by atoms with Crippen molar-refractivity contribution in [3.63, 3.8) is 0 Å². The Kier molecular flexibility index (Phi) is 7.91. The van der Waals surface area contributed by atoms with Gasteiger partial charge in [-0.3, -0.25) is 4.79 Å². The van der Waals surface area contributed by atoms with E-state index in [1.54, 1.807) is 33.4 Å². The van der Waals surface area contributed by atoms with Crippen LogP contribution >= 0.6 is 0 Å². The van der Waals surface area contributed by atoms with Gasteiger partial charge in [0.1, 0.15) is 16.8 Å². The number of hydrogen-bond donors (Lipinski definition) is 3. The summed E-state index contributed by atoms with van der Waals surface area (Å²) in [5, 5.41) is 13.6. The second kappa shape index (κ2) is 10.8. The molecule has 1 amide bonds. The monoisotopic (exact) mass is 441 g/mol. The molecule has 0 aliphatic carbocycles. The Morgan fingerprint density at radius 2 is 2.22 bits per heavy atom. The van der Waals surface area contributed by atoms with Gasteiger partial charge in [-0.2, -0.15) is 0 Å². The lowest BCUT2D eigenvalue weighted by atomic mass is 10.2. The van der Waals surface area contributed by atoms with Crippen molar-refractivity contribution >= 4 is 28.6 Å². The van der Waals surface area contributed by atoms with E-state index in [0.717, 1.165) is 42.8 Å². The maximum Gasteiger partial charge on any atom is 0.246 e. The molecule has 0 bridgehead atoms. The molecule has 9 heteroatoms. The normalized spacial score (nSPS) is 16.1. The molecule has 172 valence electrons. The van der Waals surface area contributed by atoms with Gasteiger partial charge in [0.25, 0.3) is 0 Å². The highest BCUT2D eigenvalue weighted by Crippen LogP contribution is 2.33. The van der Waals surface area contributed by atoms with Crippen LogP contribution in [-0.2, 0) is 9.53 Å². The minimum absolute atomic E-state index is 0.150. The van der Waals surface area contributed by atoms with Gasteiger partial charge < -0.3 is 34.7 Å². The molecule has 1 aliphatic rings. The zero-order valence-electron chi connectivity index (χ0n) is 18.8. The van der Waals surface area contributed by atoms with Crippen LogP contribution in [0, 0.1) is 0 Å². The third-order valence-electron chi connectivity index (χ3n) is 5.16. The fraction of sp³-hybridized carbons (Fsp3) is 0.391. The highest BCUT2D eigenvalue weighted by molar-refractivity contribution is 5.94. The summed E-state index contributed by atoms with van der Waals surface area (Å²) in [7, 11) is 4.95. The number of nitrogens with one attached hydrogen (secondary N) is 2. The quantitative estimate of drug-likeness (QED) is 0.328. The predicted octanol–water partition coefficient (Wildman–Crippen LogP) is 2.29. The van der Waals surface area contributed by atoms with Crippen LogP contribution in [0.1, 0.15) is 6.42 Å². The lowest BCUT2D eigenvalue weighted by Crippen LogP contribution is -2.26. The number of H-pyrrole nitrogens is 1. The summed E-state index contributed by atoms with van der Waals surface area (Å²) in [5.74, 6) is 0.905. The molecule has 1 aromatic heterocycles. The fourth-order valence-electron chi connectivity index (χ4n) is 3.41. The van der Waals surface area contributed by atoms with E-state index in [1.165, 1.54) is 17.1 Å². The molecule has 0 spiro atoms. The molecule has 1 aromatic carbocycles. The minimum Gasteiger partial charge on any atom is -0.494 e. The largest absolute Gasteiger partial charge is 0.494 e. The number of carbonyl (C=O) groups excluding carboxylic acids is 1. The van der Waals surface area contributed by atoms with Crippen LogP contribution < -0.4 is 15.0 Å². The molecular formula is C23H31N5O4. The van der Waals surface area contributed by atoms with E-state index in [-0.39, 0.29) is 5.91 Å². The summed E-state index contributed by atoms with van der Waals surface area (Å²) in [4.78, 5) is 23.3. The standard InChI is InChI=1S/C23H31N5O4/c1-5-16(8-6-9-19(29)27(2)3)22(30)26-23-24-20-17(28-12-7-14-32-15-13-28)10-11-18(31-4)21(20)25-23/h5-6,8-11,22,30H,1,7,12-15H2,2-4H3,(H2,24,25,26)/b9-6+,16-8+. The average Bonchev–Trinajstić information content (AvgIpc) is 3.01. The predicted molar refractivity (Wildman–Crippen MR) is 126 cm³/mol. The van der Waals surface area contributed by atoms with Crippen LogP contribution in [0.4, 0.5) is 11.6 Å². The van der Waals surface area contributed by atoms with Crippen molar-refractivity contribution in [3.8, 4) is 5.75 Å². The number of allylic oxidation sites excluding steroid dienone is 2. The molecule has 32 heavy (non-hydrogen) atoms. The molecule has 0 saturated carbocycles. The third kappa shape index (κ3) is 5.49. The molecule has 9 nitrogen and oxygen atoms in total. The van der Waals surface area contributed by atoms with Gasteiger partial charge in [-0.25, -0.2) is 4.98 Å². The SMILES string of the molecule is C=C/C(=C\C=C\C(=O)N(C)C)C(O)Nc1nc2c(N3CCCOCC3)ccc(OC)c2[nH]1. The molecule has 1 aliphatic heterocycles. The number of imidazole rings is 1. The Morgan fingerprint density at radius 1 is 1.41 bits per heavy atom. The Bertz CT molecular complexity index is 1000. The number of aromatic amines is 1. The molecule has 2 aromatic rings. The number of nitrogens with zero attached hydrogens (tertiary/aromatic N) is 3. The maximum atomic E-state index is 11.7. The number of anilines is 2. The molecular weight excluding hydrogens is 410 g/mol. The number of methoxy groups -OCH3 is 1. The van der Waals surface area contributed by atoms with Crippen LogP contribution in [0.2, 0.25) is 0 Å². The average molecular weight is 442 g/mol. The number of rotatable bonds is 8. The van der Waals surface area contributed by atoms with Gasteiger partial charge in [0, 0.05) is 45.4 Å². The van der Waals surface area contributed by atoms with E-state index in [2.05, 4.69) is 26.8 Å². The summed E-state index contributed by atoms with van der Waals surface area (Å²) >= 11 is 0. The molecule has 3 N–H and O–H groups in total. The van der Waals surface area contributed by atoms with Crippen LogP contribution in [0.15, 0.2) is 48.6 Å². The van der Waals surface area contributed by atoms with Crippen molar-refractivity contribution in [3.05, 3.63) is 48.6 Å². The lowest BCUT2D eigenvalue weighted by Gasteiger charge is -2.22. The van der Waals surface area contributed by atoms with Crippen LogP contribution in [-0.4, -0.2) is 79.6 Å². The van der Waals surface area contributed by atoms with Gasteiger partial charge in [0.15, 0.2) is 6.23 Å². The number of aromatic nitrogens is 2. The first-order chi connectivity index (χ1) is 15.4. The highest BCUT2D eigenvalue weighted by Gasteiger charge is 2.19. The number of aliphatic hydroxyl groups is 1.